The lowest BCUT2D eigenvalue weighted by Gasteiger charge is -2.23. The molecule has 23 heavy (non-hydrogen) atoms. The Morgan fingerprint density at radius 2 is 2.17 bits per heavy atom. The molecule has 0 saturated carbocycles. The Kier molecular flexibility index (Phi) is 5.02. The number of H-pyrrole nitrogens is 1. The first kappa shape index (κ1) is 17.0. The summed E-state index contributed by atoms with van der Waals surface area (Å²) in [7, 11) is 0. The molecule has 0 aromatic carbocycles. The molecular weight excluding hydrogens is 298 g/mol. The molecule has 2 heterocycles. The monoisotopic (exact) mass is 321 g/mol. The van der Waals surface area contributed by atoms with E-state index in [-0.39, 0.29) is 6.04 Å². The Morgan fingerprint density at radius 1 is 1.43 bits per heavy atom. The van der Waals surface area contributed by atoms with Gasteiger partial charge in [0.05, 0.1) is 6.04 Å². The number of amides is 1. The standard InChI is InChI=1S/C15H23N5O3/c1-9(2)8-11(17-14(21)22-15(3,4)5)12-18-13(23-20-12)10-6-7-16-19-10/h6-7,9,11H,8H2,1-5H3,(H,16,19)(H,17,21)/t11-/m0/s1. The lowest BCUT2D eigenvalue weighted by molar-refractivity contribution is 0.0494. The fourth-order valence-corrected chi connectivity index (χ4v) is 2.01. The van der Waals surface area contributed by atoms with Crippen LogP contribution in [0.1, 0.15) is 52.9 Å². The minimum absolute atomic E-state index is 0.331. The number of rotatable bonds is 5. The summed E-state index contributed by atoms with van der Waals surface area (Å²) < 4.78 is 10.5. The van der Waals surface area contributed by atoms with Gasteiger partial charge < -0.3 is 14.6 Å². The number of aromatic amines is 1. The van der Waals surface area contributed by atoms with Crippen molar-refractivity contribution >= 4 is 6.09 Å². The molecule has 2 aromatic rings. The summed E-state index contributed by atoms with van der Waals surface area (Å²) in [5.74, 6) is 1.08. The molecule has 0 spiro atoms. The van der Waals surface area contributed by atoms with Gasteiger partial charge in [-0.05, 0) is 39.2 Å². The second-order valence-electron chi connectivity index (χ2n) is 6.76. The second-order valence-corrected chi connectivity index (χ2v) is 6.76. The number of nitrogens with zero attached hydrogens (tertiary/aromatic N) is 3. The maximum Gasteiger partial charge on any atom is 0.408 e. The van der Waals surface area contributed by atoms with E-state index in [4.69, 9.17) is 9.26 Å². The van der Waals surface area contributed by atoms with Crippen LogP contribution in [-0.2, 0) is 4.74 Å². The first-order chi connectivity index (χ1) is 10.7. The predicted molar refractivity (Wildman–Crippen MR) is 83.4 cm³/mol. The van der Waals surface area contributed by atoms with E-state index in [0.717, 1.165) is 0 Å². The number of alkyl carbamates (subject to hydrolysis) is 1. The number of nitrogens with one attached hydrogen (secondary N) is 2. The van der Waals surface area contributed by atoms with E-state index in [1.54, 1.807) is 12.3 Å². The van der Waals surface area contributed by atoms with Crippen molar-refractivity contribution in [3.05, 3.63) is 18.1 Å². The van der Waals surface area contributed by atoms with Gasteiger partial charge in [0.15, 0.2) is 5.82 Å². The fraction of sp³-hybridized carbons (Fsp3) is 0.600. The largest absolute Gasteiger partial charge is 0.444 e. The van der Waals surface area contributed by atoms with Gasteiger partial charge >= 0.3 is 6.09 Å². The maximum absolute atomic E-state index is 12.0. The summed E-state index contributed by atoms with van der Waals surface area (Å²) >= 11 is 0. The number of ether oxygens (including phenoxy) is 1. The SMILES string of the molecule is CC(C)C[C@H](NC(=O)OC(C)(C)C)c1noc(-c2ccn[nH]2)n1. The van der Waals surface area contributed by atoms with Crippen LogP contribution in [0.2, 0.25) is 0 Å². The zero-order valence-electron chi connectivity index (χ0n) is 14.1. The summed E-state index contributed by atoms with van der Waals surface area (Å²) in [5.41, 5.74) is 0.0643. The van der Waals surface area contributed by atoms with Gasteiger partial charge in [0.2, 0.25) is 0 Å². The van der Waals surface area contributed by atoms with E-state index in [0.29, 0.717) is 29.7 Å². The summed E-state index contributed by atoms with van der Waals surface area (Å²) in [6.07, 6.45) is 1.77. The maximum atomic E-state index is 12.0. The van der Waals surface area contributed by atoms with Crippen molar-refractivity contribution in [1.82, 2.24) is 25.7 Å². The van der Waals surface area contributed by atoms with Crippen molar-refractivity contribution in [3.8, 4) is 11.6 Å². The molecule has 8 heteroatoms. The highest BCUT2D eigenvalue weighted by Crippen LogP contribution is 2.22. The van der Waals surface area contributed by atoms with Crippen molar-refractivity contribution in [2.75, 3.05) is 0 Å². The van der Waals surface area contributed by atoms with Crippen LogP contribution in [0.5, 0.6) is 0 Å². The van der Waals surface area contributed by atoms with Gasteiger partial charge in [0.1, 0.15) is 11.3 Å². The average Bonchev–Trinajstić information content (AvgIpc) is 3.06. The predicted octanol–water partition coefficient (Wildman–Crippen LogP) is 3.07. The summed E-state index contributed by atoms with van der Waals surface area (Å²) in [4.78, 5) is 16.4. The van der Waals surface area contributed by atoms with Crippen LogP contribution in [0.15, 0.2) is 16.8 Å². The summed E-state index contributed by atoms with van der Waals surface area (Å²) in [6.45, 7) is 9.55. The first-order valence-electron chi connectivity index (χ1n) is 7.57. The molecule has 0 bridgehead atoms. The Labute approximate surface area is 135 Å². The van der Waals surface area contributed by atoms with E-state index < -0.39 is 11.7 Å². The first-order valence-corrected chi connectivity index (χ1v) is 7.57. The highest BCUT2D eigenvalue weighted by atomic mass is 16.6. The van der Waals surface area contributed by atoms with Crippen molar-refractivity contribution in [1.29, 1.82) is 0 Å². The molecule has 0 fully saturated rings. The van der Waals surface area contributed by atoms with Crippen LogP contribution in [0.4, 0.5) is 4.79 Å². The molecule has 0 aliphatic carbocycles. The lowest BCUT2D eigenvalue weighted by atomic mass is 10.0. The van der Waals surface area contributed by atoms with Crippen molar-refractivity contribution in [2.45, 2.75) is 52.7 Å². The molecule has 1 amide bonds. The second kappa shape index (κ2) is 6.80. The van der Waals surface area contributed by atoms with Gasteiger partial charge in [-0.3, -0.25) is 5.10 Å². The smallest absolute Gasteiger partial charge is 0.408 e. The number of hydrogen-bond donors (Lipinski definition) is 2. The molecule has 0 saturated heterocycles. The molecule has 0 aliphatic heterocycles. The number of aromatic nitrogens is 4. The van der Waals surface area contributed by atoms with E-state index in [1.807, 2.05) is 20.8 Å². The van der Waals surface area contributed by atoms with Gasteiger partial charge in [-0.1, -0.05) is 19.0 Å². The van der Waals surface area contributed by atoms with Gasteiger partial charge in [-0.2, -0.15) is 10.1 Å². The zero-order chi connectivity index (χ0) is 17.0. The lowest BCUT2D eigenvalue weighted by Crippen LogP contribution is -2.35. The van der Waals surface area contributed by atoms with Crippen LogP contribution in [0.25, 0.3) is 11.6 Å². The fourth-order valence-electron chi connectivity index (χ4n) is 2.01. The average molecular weight is 321 g/mol. The van der Waals surface area contributed by atoms with E-state index in [1.165, 1.54) is 0 Å². The van der Waals surface area contributed by atoms with Gasteiger partial charge in [-0.15, -0.1) is 0 Å². The molecule has 0 aliphatic rings. The van der Waals surface area contributed by atoms with E-state index in [2.05, 4.69) is 39.5 Å². The van der Waals surface area contributed by atoms with Crippen LogP contribution in [0, 0.1) is 5.92 Å². The number of hydrogen-bond acceptors (Lipinski definition) is 6. The summed E-state index contributed by atoms with van der Waals surface area (Å²) in [5, 5.41) is 13.4. The van der Waals surface area contributed by atoms with E-state index >= 15 is 0 Å². The van der Waals surface area contributed by atoms with Gasteiger partial charge in [0.25, 0.3) is 5.89 Å². The normalized spacial score (nSPS) is 13.1. The third-order valence-electron chi connectivity index (χ3n) is 2.88. The van der Waals surface area contributed by atoms with Gasteiger partial charge in [-0.25, -0.2) is 4.79 Å². The van der Waals surface area contributed by atoms with Crippen LogP contribution in [-0.4, -0.2) is 32.0 Å². The highest BCUT2D eigenvalue weighted by molar-refractivity contribution is 5.68. The molecule has 0 radical (unpaired) electrons. The van der Waals surface area contributed by atoms with Gasteiger partial charge in [0, 0.05) is 6.20 Å². The molecule has 126 valence electrons. The molecule has 2 rings (SSSR count). The van der Waals surface area contributed by atoms with Crippen molar-refractivity contribution in [3.63, 3.8) is 0 Å². The minimum atomic E-state index is -0.565. The quantitative estimate of drug-likeness (QED) is 0.876. The molecule has 2 N–H and O–H groups in total. The minimum Gasteiger partial charge on any atom is -0.444 e. The topological polar surface area (TPSA) is 106 Å². The van der Waals surface area contributed by atoms with Crippen LogP contribution in [0.3, 0.4) is 0 Å². The van der Waals surface area contributed by atoms with Crippen molar-refractivity contribution in [2.24, 2.45) is 5.92 Å². The molecule has 1 atom stereocenters. The zero-order valence-corrected chi connectivity index (χ0v) is 14.1. The molecular formula is C15H23N5O3. The van der Waals surface area contributed by atoms with Crippen LogP contribution >= 0.6 is 0 Å². The van der Waals surface area contributed by atoms with E-state index in [9.17, 15) is 4.79 Å². The van der Waals surface area contributed by atoms with Crippen LogP contribution < -0.4 is 5.32 Å². The third kappa shape index (κ3) is 5.08. The number of carbonyl (C=O) groups is 1. The Balaban J connectivity index is 2.13. The summed E-state index contributed by atoms with van der Waals surface area (Å²) in [6, 6.07) is 1.35. The molecule has 2 aromatic heterocycles. The Morgan fingerprint density at radius 3 is 2.74 bits per heavy atom. The Bertz CT molecular complexity index is 628. The van der Waals surface area contributed by atoms with Crippen molar-refractivity contribution < 1.29 is 14.1 Å². The number of carbonyl (C=O) groups excluding carboxylic acids is 1. The molecule has 8 nitrogen and oxygen atoms in total. The molecule has 0 unspecified atom stereocenters. The third-order valence-corrected chi connectivity index (χ3v) is 2.88. The highest BCUT2D eigenvalue weighted by Gasteiger charge is 2.25. The Hall–Kier alpha value is -2.38.